The molecule has 0 spiro atoms. The van der Waals surface area contributed by atoms with Crippen LogP contribution in [0.2, 0.25) is 0 Å². The summed E-state index contributed by atoms with van der Waals surface area (Å²) in [4.78, 5) is 23.0. The highest BCUT2D eigenvalue weighted by Crippen LogP contribution is 2.12. The smallest absolute Gasteiger partial charge is 0.332 e. The summed E-state index contributed by atoms with van der Waals surface area (Å²) >= 11 is 0. The van der Waals surface area contributed by atoms with Gasteiger partial charge in [0.25, 0.3) is 0 Å². The van der Waals surface area contributed by atoms with Gasteiger partial charge in [0, 0.05) is 12.2 Å². The molecule has 1 N–H and O–H groups in total. The van der Waals surface area contributed by atoms with Crippen molar-refractivity contribution in [3.63, 3.8) is 0 Å². The fourth-order valence-electron chi connectivity index (χ4n) is 2.82. The summed E-state index contributed by atoms with van der Waals surface area (Å²) in [5.74, 6) is -1.72. The van der Waals surface area contributed by atoms with Gasteiger partial charge in [-0.05, 0) is 12.8 Å². The average molecular weight is 435 g/mol. The average Bonchev–Trinajstić information content (AvgIpc) is 2.67. The molecule has 0 heterocycles. The minimum absolute atomic E-state index is 0.0954. The van der Waals surface area contributed by atoms with Crippen LogP contribution in [0.4, 0.5) is 0 Å². The molecule has 8 heteroatoms. The Morgan fingerprint density at radius 1 is 0.793 bits per heavy atom. The second-order valence-corrected chi connectivity index (χ2v) is 8.74. The lowest BCUT2D eigenvalue weighted by Gasteiger charge is -2.10. The van der Waals surface area contributed by atoms with Crippen LogP contribution in [0.25, 0.3) is 0 Å². The fourth-order valence-corrected chi connectivity index (χ4v) is 3.46. The highest BCUT2D eigenvalue weighted by Gasteiger charge is 2.24. The molecule has 0 aliphatic heterocycles. The number of hydrogen-bond donors (Lipinski definition) is 1. The standard InChI is InChI=1S/C21H38O7S/c1-3-5-6-7-8-9-10-11-12-13-14-15-18-27-19(22)16-17-20(23)28-21(4-2)29(24,25)26/h16-17,21H,3-15,18H2,1-2H3,(H,24,25,26)/b17-16-. The molecule has 0 saturated carbocycles. The largest absolute Gasteiger partial charge is 0.463 e. The van der Waals surface area contributed by atoms with E-state index in [2.05, 4.69) is 11.7 Å². The second kappa shape index (κ2) is 17.4. The zero-order chi connectivity index (χ0) is 22.0. The molecule has 0 aromatic carbocycles. The molecule has 0 amide bonds. The SMILES string of the molecule is CCCCCCCCCCCCCCOC(=O)/C=C\C(=O)OC(CC)S(=O)(=O)O. The molecule has 7 nitrogen and oxygen atoms in total. The zero-order valence-corrected chi connectivity index (χ0v) is 18.8. The van der Waals surface area contributed by atoms with E-state index in [9.17, 15) is 18.0 Å². The molecule has 0 rings (SSSR count). The molecular weight excluding hydrogens is 396 g/mol. The highest BCUT2D eigenvalue weighted by molar-refractivity contribution is 7.86. The van der Waals surface area contributed by atoms with Crippen molar-refractivity contribution in [3.8, 4) is 0 Å². The molecule has 0 bridgehead atoms. The summed E-state index contributed by atoms with van der Waals surface area (Å²) in [5, 5.41) is 0. The topological polar surface area (TPSA) is 107 Å². The molecule has 0 radical (unpaired) electrons. The van der Waals surface area contributed by atoms with Gasteiger partial charge in [-0.2, -0.15) is 8.42 Å². The molecule has 0 aromatic rings. The first-order valence-electron chi connectivity index (χ1n) is 10.8. The molecule has 0 aliphatic carbocycles. The van der Waals surface area contributed by atoms with E-state index in [0.29, 0.717) is 0 Å². The minimum atomic E-state index is -4.48. The normalized spacial score (nSPS) is 12.8. The van der Waals surface area contributed by atoms with E-state index in [1.165, 1.54) is 64.7 Å². The van der Waals surface area contributed by atoms with Gasteiger partial charge in [-0.25, -0.2) is 9.59 Å². The van der Waals surface area contributed by atoms with Crippen molar-refractivity contribution in [2.45, 2.75) is 103 Å². The van der Waals surface area contributed by atoms with E-state index in [1.54, 1.807) is 0 Å². The third kappa shape index (κ3) is 17.2. The maximum atomic E-state index is 11.5. The molecular formula is C21H38O7S. The number of esters is 2. The van der Waals surface area contributed by atoms with Crippen molar-refractivity contribution in [1.82, 2.24) is 0 Å². The van der Waals surface area contributed by atoms with Crippen LogP contribution in [0.5, 0.6) is 0 Å². The highest BCUT2D eigenvalue weighted by atomic mass is 32.2. The van der Waals surface area contributed by atoms with Crippen molar-refractivity contribution in [2.75, 3.05) is 6.61 Å². The van der Waals surface area contributed by atoms with E-state index >= 15 is 0 Å². The lowest BCUT2D eigenvalue weighted by Crippen LogP contribution is -2.25. The van der Waals surface area contributed by atoms with Gasteiger partial charge >= 0.3 is 22.1 Å². The number of ether oxygens (including phenoxy) is 2. The van der Waals surface area contributed by atoms with Crippen LogP contribution < -0.4 is 0 Å². The number of carbonyl (C=O) groups is 2. The van der Waals surface area contributed by atoms with E-state index in [1.807, 2.05) is 0 Å². The first-order valence-corrected chi connectivity index (χ1v) is 12.3. The molecule has 1 unspecified atom stereocenters. The third-order valence-electron chi connectivity index (χ3n) is 4.51. The Balaban J connectivity index is 3.65. The number of hydrogen-bond acceptors (Lipinski definition) is 6. The summed E-state index contributed by atoms with van der Waals surface area (Å²) in [6.07, 6.45) is 16.2. The number of carbonyl (C=O) groups excluding carboxylic acids is 2. The van der Waals surface area contributed by atoms with Gasteiger partial charge in [0.2, 0.25) is 5.44 Å². The zero-order valence-electron chi connectivity index (χ0n) is 17.9. The predicted molar refractivity (Wildman–Crippen MR) is 113 cm³/mol. The van der Waals surface area contributed by atoms with Gasteiger partial charge in [0.05, 0.1) is 6.61 Å². The van der Waals surface area contributed by atoms with E-state index in [-0.39, 0.29) is 13.0 Å². The molecule has 1 atom stereocenters. The van der Waals surface area contributed by atoms with E-state index in [4.69, 9.17) is 9.29 Å². The van der Waals surface area contributed by atoms with Crippen LogP contribution in [0.3, 0.4) is 0 Å². The number of rotatable bonds is 18. The van der Waals surface area contributed by atoms with Gasteiger partial charge in [0.1, 0.15) is 0 Å². The van der Waals surface area contributed by atoms with Crippen LogP contribution >= 0.6 is 0 Å². The van der Waals surface area contributed by atoms with Gasteiger partial charge in [-0.15, -0.1) is 0 Å². The summed E-state index contributed by atoms with van der Waals surface area (Å²) in [7, 11) is -4.48. The Bertz CT molecular complexity index is 570. The summed E-state index contributed by atoms with van der Waals surface area (Å²) in [6.45, 7) is 3.95. The quantitative estimate of drug-likeness (QED) is 0.141. The Labute approximate surface area is 176 Å². The second-order valence-electron chi connectivity index (χ2n) is 7.18. The summed E-state index contributed by atoms with van der Waals surface area (Å²) in [6, 6.07) is 0. The van der Waals surface area contributed by atoms with Crippen molar-refractivity contribution in [2.24, 2.45) is 0 Å². The first-order chi connectivity index (χ1) is 13.8. The van der Waals surface area contributed by atoms with Crippen LogP contribution in [-0.4, -0.2) is 37.0 Å². The Kier molecular flexibility index (Phi) is 16.6. The first kappa shape index (κ1) is 27.6. The maximum Gasteiger partial charge on any atom is 0.332 e. The van der Waals surface area contributed by atoms with Gasteiger partial charge in [-0.1, -0.05) is 84.5 Å². The van der Waals surface area contributed by atoms with Crippen molar-refractivity contribution >= 4 is 22.1 Å². The fraction of sp³-hybridized carbons (Fsp3) is 0.810. The molecule has 29 heavy (non-hydrogen) atoms. The molecule has 0 saturated heterocycles. The Morgan fingerprint density at radius 3 is 1.69 bits per heavy atom. The van der Waals surface area contributed by atoms with Crippen LogP contribution in [0.1, 0.15) is 97.3 Å². The van der Waals surface area contributed by atoms with E-state index < -0.39 is 27.5 Å². The number of unbranched alkanes of at least 4 members (excludes halogenated alkanes) is 11. The molecule has 0 fully saturated rings. The van der Waals surface area contributed by atoms with Crippen LogP contribution in [-0.2, 0) is 29.2 Å². The van der Waals surface area contributed by atoms with E-state index in [0.717, 1.165) is 31.4 Å². The monoisotopic (exact) mass is 434 g/mol. The van der Waals surface area contributed by atoms with Crippen LogP contribution in [0.15, 0.2) is 12.2 Å². The molecule has 0 aliphatic rings. The van der Waals surface area contributed by atoms with Gasteiger partial charge < -0.3 is 9.47 Å². The van der Waals surface area contributed by atoms with Crippen LogP contribution in [0, 0.1) is 0 Å². The Hall–Kier alpha value is -1.41. The lowest BCUT2D eigenvalue weighted by atomic mass is 10.1. The molecule has 170 valence electrons. The lowest BCUT2D eigenvalue weighted by molar-refractivity contribution is -0.141. The Morgan fingerprint density at radius 2 is 1.24 bits per heavy atom. The van der Waals surface area contributed by atoms with Crippen molar-refractivity contribution < 1.29 is 32.0 Å². The van der Waals surface area contributed by atoms with Crippen molar-refractivity contribution in [1.29, 1.82) is 0 Å². The predicted octanol–water partition coefficient (Wildman–Crippen LogP) is 4.95. The summed E-state index contributed by atoms with van der Waals surface area (Å²) in [5.41, 5.74) is -1.64. The van der Waals surface area contributed by atoms with Gasteiger partial charge in [-0.3, -0.25) is 4.55 Å². The molecule has 0 aromatic heterocycles. The van der Waals surface area contributed by atoms with Crippen molar-refractivity contribution in [3.05, 3.63) is 12.2 Å². The third-order valence-corrected chi connectivity index (χ3v) is 5.60. The maximum absolute atomic E-state index is 11.5. The summed E-state index contributed by atoms with van der Waals surface area (Å²) < 4.78 is 40.3. The minimum Gasteiger partial charge on any atom is -0.463 e. The van der Waals surface area contributed by atoms with Gasteiger partial charge in [0.15, 0.2) is 0 Å².